The molecule has 0 bridgehead atoms. The van der Waals surface area contributed by atoms with E-state index in [1.807, 2.05) is 6.07 Å². The van der Waals surface area contributed by atoms with Gasteiger partial charge in [0.15, 0.2) is 0 Å². The molecule has 0 amide bonds. The average molecular weight is 273 g/mol. The summed E-state index contributed by atoms with van der Waals surface area (Å²) >= 11 is 0. The fraction of sp³-hybridized carbons (Fsp3) is 0.556. The minimum Gasteiger partial charge on any atom is -0.459 e. The van der Waals surface area contributed by atoms with Gasteiger partial charge in [-0.2, -0.15) is 0 Å². The largest absolute Gasteiger partial charge is 0.459 e. The molecule has 0 saturated carbocycles. The van der Waals surface area contributed by atoms with Crippen molar-refractivity contribution in [1.29, 1.82) is 0 Å². The zero-order chi connectivity index (χ0) is 14.9. The summed E-state index contributed by atoms with van der Waals surface area (Å²) in [4.78, 5) is 0. The fourth-order valence-corrected chi connectivity index (χ4v) is 3.04. The second-order valence-corrected chi connectivity index (χ2v) is 7.40. The summed E-state index contributed by atoms with van der Waals surface area (Å²) in [7, 11) is 0. The molecule has 0 spiro atoms. The average Bonchev–Trinajstić information content (AvgIpc) is 2.68. The molecule has 2 rings (SSSR count). The van der Waals surface area contributed by atoms with Crippen molar-refractivity contribution in [2.75, 3.05) is 0 Å². The van der Waals surface area contributed by atoms with E-state index in [0.29, 0.717) is 11.3 Å². The van der Waals surface area contributed by atoms with Crippen molar-refractivity contribution in [3.63, 3.8) is 0 Å². The Bertz CT molecular complexity index is 577. The molecule has 2 heteroatoms. The van der Waals surface area contributed by atoms with Gasteiger partial charge in [0, 0.05) is 5.39 Å². The predicted molar refractivity (Wildman–Crippen MR) is 85.7 cm³/mol. The quantitative estimate of drug-likeness (QED) is 0.831. The molecule has 0 fully saturated rings. The van der Waals surface area contributed by atoms with Crippen LogP contribution < -0.4 is 5.73 Å². The van der Waals surface area contributed by atoms with Crippen molar-refractivity contribution < 1.29 is 4.42 Å². The fourth-order valence-electron chi connectivity index (χ4n) is 3.04. The van der Waals surface area contributed by atoms with E-state index in [2.05, 4.69) is 52.8 Å². The molecule has 2 atom stereocenters. The van der Waals surface area contributed by atoms with Gasteiger partial charge in [0.25, 0.3) is 0 Å². The van der Waals surface area contributed by atoms with Gasteiger partial charge in [-0.3, -0.25) is 0 Å². The third-order valence-corrected chi connectivity index (χ3v) is 3.67. The molecule has 20 heavy (non-hydrogen) atoms. The van der Waals surface area contributed by atoms with Gasteiger partial charge < -0.3 is 10.2 Å². The van der Waals surface area contributed by atoms with Crippen LogP contribution in [0.2, 0.25) is 0 Å². The van der Waals surface area contributed by atoms with Crippen molar-refractivity contribution in [1.82, 2.24) is 0 Å². The maximum absolute atomic E-state index is 6.32. The van der Waals surface area contributed by atoms with Crippen molar-refractivity contribution in [3.8, 4) is 0 Å². The Labute approximate surface area is 122 Å². The number of fused-ring (bicyclic) bond motifs is 1. The maximum atomic E-state index is 6.32. The summed E-state index contributed by atoms with van der Waals surface area (Å²) < 4.78 is 5.89. The summed E-state index contributed by atoms with van der Waals surface area (Å²) in [5.41, 5.74) is 8.86. The van der Waals surface area contributed by atoms with Crippen LogP contribution in [0.5, 0.6) is 0 Å². The summed E-state index contributed by atoms with van der Waals surface area (Å²) in [6.07, 6.45) is 2.15. The Balaban J connectivity index is 2.09. The lowest BCUT2D eigenvalue weighted by atomic mass is 9.83. The third kappa shape index (κ3) is 3.86. The first-order chi connectivity index (χ1) is 9.24. The van der Waals surface area contributed by atoms with Crippen LogP contribution >= 0.6 is 0 Å². The lowest BCUT2D eigenvalue weighted by molar-refractivity contribution is 0.280. The molecule has 2 N–H and O–H groups in total. The van der Waals surface area contributed by atoms with Crippen LogP contribution in [0.3, 0.4) is 0 Å². The van der Waals surface area contributed by atoms with E-state index >= 15 is 0 Å². The van der Waals surface area contributed by atoms with Crippen LogP contribution in [0.4, 0.5) is 0 Å². The van der Waals surface area contributed by atoms with Gasteiger partial charge in [-0.15, -0.1) is 0 Å². The highest BCUT2D eigenvalue weighted by molar-refractivity contribution is 5.78. The standard InChI is InChI=1S/C18H27NO/c1-12-6-7-16-14(8-12)10-17(20-16)15(19)9-13(2)11-18(3,4)5/h6-8,10,13,15H,9,11,19H2,1-5H3. The monoisotopic (exact) mass is 273 g/mol. The van der Waals surface area contributed by atoms with Gasteiger partial charge in [0.05, 0.1) is 6.04 Å². The minimum absolute atomic E-state index is 0.0138. The molecule has 1 aromatic heterocycles. The van der Waals surface area contributed by atoms with Crippen LogP contribution in [0, 0.1) is 18.3 Å². The number of benzene rings is 1. The van der Waals surface area contributed by atoms with E-state index in [1.165, 1.54) is 12.0 Å². The number of furan rings is 1. The molecule has 110 valence electrons. The SMILES string of the molecule is Cc1ccc2oc(C(N)CC(C)CC(C)(C)C)cc2c1. The van der Waals surface area contributed by atoms with Gasteiger partial charge >= 0.3 is 0 Å². The molecule has 0 saturated heterocycles. The molecular formula is C18H27NO. The van der Waals surface area contributed by atoms with Crippen molar-refractivity contribution in [2.45, 2.75) is 53.5 Å². The third-order valence-electron chi connectivity index (χ3n) is 3.67. The lowest BCUT2D eigenvalue weighted by Gasteiger charge is -2.24. The topological polar surface area (TPSA) is 39.2 Å². The first-order valence-corrected chi connectivity index (χ1v) is 7.50. The highest BCUT2D eigenvalue weighted by Gasteiger charge is 2.20. The van der Waals surface area contributed by atoms with Crippen molar-refractivity contribution >= 4 is 11.0 Å². The first kappa shape index (κ1) is 15.1. The van der Waals surface area contributed by atoms with Gasteiger partial charge in [0.2, 0.25) is 0 Å². The Kier molecular flexibility index (Phi) is 4.24. The summed E-state index contributed by atoms with van der Waals surface area (Å²) in [6.45, 7) is 11.2. The predicted octanol–water partition coefficient (Wildman–Crippen LogP) is 5.20. The van der Waals surface area contributed by atoms with Gasteiger partial charge in [0.1, 0.15) is 11.3 Å². The molecule has 0 aliphatic carbocycles. The lowest BCUT2D eigenvalue weighted by Crippen LogP contribution is -2.17. The zero-order valence-corrected chi connectivity index (χ0v) is 13.4. The molecule has 1 aromatic carbocycles. The maximum Gasteiger partial charge on any atom is 0.134 e. The molecule has 2 unspecified atom stereocenters. The number of hydrogen-bond donors (Lipinski definition) is 1. The van der Waals surface area contributed by atoms with E-state index in [9.17, 15) is 0 Å². The summed E-state index contributed by atoms with van der Waals surface area (Å²) in [5, 5.41) is 1.15. The number of aryl methyl sites for hydroxylation is 1. The van der Waals surface area contributed by atoms with E-state index < -0.39 is 0 Å². The van der Waals surface area contributed by atoms with Crippen LogP contribution in [0.15, 0.2) is 28.7 Å². The molecule has 0 aliphatic rings. The molecule has 2 nitrogen and oxygen atoms in total. The van der Waals surface area contributed by atoms with Crippen LogP contribution in [0.25, 0.3) is 11.0 Å². The highest BCUT2D eigenvalue weighted by atomic mass is 16.3. The Morgan fingerprint density at radius 2 is 1.90 bits per heavy atom. The molecule has 0 aliphatic heterocycles. The second kappa shape index (κ2) is 5.61. The molecule has 1 heterocycles. The van der Waals surface area contributed by atoms with E-state index in [1.54, 1.807) is 0 Å². The second-order valence-electron chi connectivity index (χ2n) is 7.40. The van der Waals surface area contributed by atoms with Crippen molar-refractivity contribution in [2.24, 2.45) is 17.1 Å². The van der Waals surface area contributed by atoms with Gasteiger partial charge in [-0.05, 0) is 49.3 Å². The number of hydrogen-bond acceptors (Lipinski definition) is 2. The van der Waals surface area contributed by atoms with Crippen LogP contribution in [-0.2, 0) is 0 Å². The van der Waals surface area contributed by atoms with Gasteiger partial charge in [-0.25, -0.2) is 0 Å². The molecular weight excluding hydrogens is 246 g/mol. The number of rotatable bonds is 4. The molecule has 2 aromatic rings. The Morgan fingerprint density at radius 1 is 1.20 bits per heavy atom. The Hall–Kier alpha value is -1.28. The van der Waals surface area contributed by atoms with Crippen molar-refractivity contribution in [3.05, 3.63) is 35.6 Å². The van der Waals surface area contributed by atoms with Gasteiger partial charge in [-0.1, -0.05) is 39.3 Å². The van der Waals surface area contributed by atoms with E-state index in [0.717, 1.165) is 23.2 Å². The normalized spacial score (nSPS) is 15.5. The number of nitrogens with two attached hydrogens (primary N) is 1. The van der Waals surface area contributed by atoms with Crippen LogP contribution in [0.1, 0.15) is 57.9 Å². The summed E-state index contributed by atoms with van der Waals surface area (Å²) in [6, 6.07) is 8.33. The van der Waals surface area contributed by atoms with E-state index in [-0.39, 0.29) is 6.04 Å². The van der Waals surface area contributed by atoms with Crippen LogP contribution in [-0.4, -0.2) is 0 Å². The minimum atomic E-state index is -0.0138. The molecule has 0 radical (unpaired) electrons. The highest BCUT2D eigenvalue weighted by Crippen LogP contribution is 2.31. The Morgan fingerprint density at radius 3 is 2.55 bits per heavy atom. The zero-order valence-electron chi connectivity index (χ0n) is 13.4. The summed E-state index contributed by atoms with van der Waals surface area (Å²) in [5.74, 6) is 1.51. The smallest absolute Gasteiger partial charge is 0.134 e. The van der Waals surface area contributed by atoms with E-state index in [4.69, 9.17) is 10.2 Å². The first-order valence-electron chi connectivity index (χ1n) is 7.50.